The first-order chi connectivity index (χ1) is 13.9. The van der Waals surface area contributed by atoms with Crippen molar-refractivity contribution in [2.45, 2.75) is 46.3 Å². The Hall–Kier alpha value is -3.28. The first-order valence-corrected chi connectivity index (χ1v) is 9.54. The average molecular weight is 396 g/mol. The van der Waals surface area contributed by atoms with Crippen molar-refractivity contribution in [1.29, 1.82) is 0 Å². The second-order valence-electron chi connectivity index (χ2n) is 6.92. The molecule has 0 spiro atoms. The van der Waals surface area contributed by atoms with Gasteiger partial charge in [-0.05, 0) is 51.5 Å². The van der Waals surface area contributed by atoms with E-state index in [9.17, 15) is 9.59 Å². The lowest BCUT2D eigenvalue weighted by Gasteiger charge is -2.17. The van der Waals surface area contributed by atoms with Gasteiger partial charge in [-0.25, -0.2) is 4.79 Å². The highest BCUT2D eigenvalue weighted by Gasteiger charge is 2.19. The first kappa shape index (κ1) is 20.5. The smallest absolute Gasteiger partial charge is 0.347 e. The van der Waals surface area contributed by atoms with Crippen molar-refractivity contribution in [3.63, 3.8) is 0 Å². The van der Waals surface area contributed by atoms with Gasteiger partial charge in [0.05, 0.1) is 11.5 Å². The van der Waals surface area contributed by atoms with Gasteiger partial charge in [0, 0.05) is 6.07 Å². The molecule has 0 bridgehead atoms. The van der Waals surface area contributed by atoms with Crippen LogP contribution in [0.4, 0.5) is 0 Å². The quantitative estimate of drug-likeness (QED) is 0.523. The lowest BCUT2D eigenvalue weighted by molar-refractivity contribution is -0.155. The maximum Gasteiger partial charge on any atom is 0.347 e. The van der Waals surface area contributed by atoms with Gasteiger partial charge in [-0.3, -0.25) is 4.79 Å². The fourth-order valence-electron chi connectivity index (χ4n) is 2.60. The first-order valence-electron chi connectivity index (χ1n) is 9.54. The minimum atomic E-state index is -0.780. The number of aryl methyl sites for hydroxylation is 1. The zero-order chi connectivity index (χ0) is 21.0. The van der Waals surface area contributed by atoms with Gasteiger partial charge in [0.1, 0.15) is 23.3 Å². The second kappa shape index (κ2) is 8.82. The molecule has 0 radical (unpaired) electrons. The molecule has 3 rings (SSSR count). The van der Waals surface area contributed by atoms with E-state index in [-0.39, 0.29) is 17.3 Å². The molecule has 6 heteroatoms. The second-order valence-corrected chi connectivity index (χ2v) is 6.92. The van der Waals surface area contributed by atoms with Gasteiger partial charge in [-0.1, -0.05) is 24.6 Å². The number of benzene rings is 2. The van der Waals surface area contributed by atoms with Crippen molar-refractivity contribution in [2.24, 2.45) is 0 Å². The third-order valence-electron chi connectivity index (χ3n) is 4.50. The zero-order valence-corrected chi connectivity index (χ0v) is 16.9. The van der Waals surface area contributed by atoms with Gasteiger partial charge < -0.3 is 18.6 Å². The van der Waals surface area contributed by atoms with Crippen molar-refractivity contribution in [3.8, 4) is 17.2 Å². The van der Waals surface area contributed by atoms with Gasteiger partial charge in [-0.15, -0.1) is 0 Å². The van der Waals surface area contributed by atoms with Crippen LogP contribution < -0.4 is 14.9 Å². The molecule has 0 unspecified atom stereocenters. The van der Waals surface area contributed by atoms with E-state index in [2.05, 4.69) is 0 Å². The number of rotatable bonds is 7. The summed E-state index contributed by atoms with van der Waals surface area (Å²) in [6.07, 6.45) is 1.05. The van der Waals surface area contributed by atoms with Crippen LogP contribution in [0.5, 0.6) is 17.2 Å². The number of hydrogen-bond donors (Lipinski definition) is 0. The Morgan fingerprint density at radius 1 is 1.07 bits per heavy atom. The lowest BCUT2D eigenvalue weighted by Crippen LogP contribution is -2.29. The van der Waals surface area contributed by atoms with Crippen LogP contribution in [0.3, 0.4) is 0 Å². The average Bonchev–Trinajstić information content (AvgIpc) is 2.71. The monoisotopic (exact) mass is 396 g/mol. The zero-order valence-electron chi connectivity index (χ0n) is 16.9. The van der Waals surface area contributed by atoms with Gasteiger partial charge in [0.15, 0.2) is 6.10 Å². The number of ether oxygens (including phenoxy) is 3. The van der Waals surface area contributed by atoms with E-state index in [0.29, 0.717) is 22.5 Å². The highest BCUT2D eigenvalue weighted by Crippen LogP contribution is 2.25. The summed E-state index contributed by atoms with van der Waals surface area (Å²) in [5.41, 5.74) is 1.14. The lowest BCUT2D eigenvalue weighted by atomic mass is 10.2. The molecule has 152 valence electrons. The van der Waals surface area contributed by atoms with Crippen molar-refractivity contribution in [2.75, 3.05) is 0 Å². The summed E-state index contributed by atoms with van der Waals surface area (Å²) in [7, 11) is 0. The fourth-order valence-corrected chi connectivity index (χ4v) is 2.60. The minimum Gasteiger partial charge on any atom is -0.479 e. The molecule has 0 saturated heterocycles. The fraction of sp³-hybridized carbons (Fsp3) is 0.304. The molecule has 0 fully saturated rings. The Kier molecular flexibility index (Phi) is 6.22. The molecule has 0 amide bonds. The summed E-state index contributed by atoms with van der Waals surface area (Å²) < 4.78 is 22.1. The van der Waals surface area contributed by atoms with Crippen LogP contribution in [-0.2, 0) is 9.53 Å². The molecule has 0 aliphatic heterocycles. The number of carbonyl (C=O) groups excluding carboxylic acids is 1. The van der Waals surface area contributed by atoms with Crippen LogP contribution in [0.25, 0.3) is 11.0 Å². The molecule has 2 aromatic carbocycles. The highest BCUT2D eigenvalue weighted by molar-refractivity contribution is 5.79. The summed E-state index contributed by atoms with van der Waals surface area (Å²) in [5.74, 6) is 0.612. The van der Waals surface area contributed by atoms with Crippen molar-refractivity contribution in [1.82, 2.24) is 0 Å². The van der Waals surface area contributed by atoms with Crippen LogP contribution >= 0.6 is 0 Å². The summed E-state index contributed by atoms with van der Waals surface area (Å²) in [6, 6.07) is 12.1. The Labute approximate surface area is 169 Å². The van der Waals surface area contributed by atoms with Crippen LogP contribution in [0.2, 0.25) is 0 Å². The van der Waals surface area contributed by atoms with E-state index in [1.54, 1.807) is 37.3 Å². The van der Waals surface area contributed by atoms with E-state index >= 15 is 0 Å². The van der Waals surface area contributed by atoms with E-state index in [0.717, 1.165) is 12.0 Å². The summed E-state index contributed by atoms with van der Waals surface area (Å²) >= 11 is 0. The molecule has 1 aromatic heterocycles. The number of hydrogen-bond acceptors (Lipinski definition) is 6. The van der Waals surface area contributed by atoms with Gasteiger partial charge in [0.25, 0.3) is 0 Å². The number of esters is 1. The van der Waals surface area contributed by atoms with Gasteiger partial charge in [-0.2, -0.15) is 0 Å². The molecular weight excluding hydrogens is 372 g/mol. The summed E-state index contributed by atoms with van der Waals surface area (Å²) in [6.45, 7) is 7.35. The molecule has 0 saturated carbocycles. The van der Waals surface area contributed by atoms with E-state index in [1.807, 2.05) is 32.9 Å². The van der Waals surface area contributed by atoms with Gasteiger partial charge >= 0.3 is 5.97 Å². The van der Waals surface area contributed by atoms with E-state index < -0.39 is 12.1 Å². The molecule has 0 aliphatic carbocycles. The van der Waals surface area contributed by atoms with E-state index in [4.69, 9.17) is 18.6 Å². The third-order valence-corrected chi connectivity index (χ3v) is 4.50. The van der Waals surface area contributed by atoms with Crippen LogP contribution in [-0.4, -0.2) is 18.2 Å². The molecule has 29 heavy (non-hydrogen) atoms. The predicted molar refractivity (Wildman–Crippen MR) is 110 cm³/mol. The SMILES string of the molecule is CC[C@@H](C)OC(=O)[C@@H](C)Oc1ccc2c(=O)c(Oc3ccc(C)cc3)coc2c1. The minimum absolute atomic E-state index is 0.0977. The maximum atomic E-state index is 12.7. The standard InChI is InChI=1S/C23H24O6/c1-5-15(3)27-23(25)16(4)28-18-10-11-19-20(12-18)26-13-21(22(19)24)29-17-8-6-14(2)7-9-17/h6-13,15-16H,5H2,1-4H3/t15-,16-/m1/s1. The van der Waals surface area contributed by atoms with Crippen LogP contribution in [0.1, 0.15) is 32.8 Å². The Balaban J connectivity index is 1.78. The molecule has 6 nitrogen and oxygen atoms in total. The van der Waals surface area contributed by atoms with Crippen LogP contribution in [0.15, 0.2) is 57.9 Å². The topological polar surface area (TPSA) is 75.0 Å². The van der Waals surface area contributed by atoms with Crippen molar-refractivity contribution < 1.29 is 23.4 Å². The predicted octanol–water partition coefficient (Wildman–Crippen LogP) is 5.00. The van der Waals surface area contributed by atoms with Crippen molar-refractivity contribution in [3.05, 3.63) is 64.5 Å². The molecule has 2 atom stereocenters. The van der Waals surface area contributed by atoms with Gasteiger partial charge in [0.2, 0.25) is 11.2 Å². The Morgan fingerprint density at radius 2 is 1.76 bits per heavy atom. The number of fused-ring (bicyclic) bond motifs is 1. The van der Waals surface area contributed by atoms with E-state index in [1.165, 1.54) is 6.26 Å². The number of carbonyl (C=O) groups is 1. The molecular formula is C23H24O6. The molecule has 3 aromatic rings. The highest BCUT2D eigenvalue weighted by atomic mass is 16.6. The Bertz CT molecular complexity index is 1050. The van der Waals surface area contributed by atoms with Crippen molar-refractivity contribution >= 4 is 16.9 Å². The summed E-state index contributed by atoms with van der Waals surface area (Å²) in [4.78, 5) is 24.7. The maximum absolute atomic E-state index is 12.7. The Morgan fingerprint density at radius 3 is 2.45 bits per heavy atom. The molecule has 1 heterocycles. The largest absolute Gasteiger partial charge is 0.479 e. The third kappa shape index (κ3) is 4.96. The van der Waals surface area contributed by atoms with Crippen LogP contribution in [0, 0.1) is 6.92 Å². The normalized spacial score (nSPS) is 13.0. The molecule has 0 aliphatic rings. The summed E-state index contributed by atoms with van der Waals surface area (Å²) in [5, 5.41) is 0.358. The molecule has 0 N–H and O–H groups in total.